The van der Waals surface area contributed by atoms with Gasteiger partial charge >= 0.3 is 5.97 Å². The molecule has 1 unspecified atom stereocenters. The molecule has 0 heterocycles. The molecule has 0 aliphatic rings. The molecule has 0 spiro atoms. The zero-order valence-corrected chi connectivity index (χ0v) is 23.6. The maximum Gasteiger partial charge on any atom is 0.306 e. The Labute approximate surface area is 179 Å². The lowest BCUT2D eigenvalue weighted by Gasteiger charge is -2.35. The molecule has 0 aliphatic carbocycles. The Hall–Kier alpha value is 0.0406. The van der Waals surface area contributed by atoms with Crippen molar-refractivity contribution in [2.75, 3.05) is 13.1 Å². The molecule has 0 radical (unpaired) electrons. The molecule has 0 fully saturated rings. The maximum atomic E-state index is 12.7. The van der Waals surface area contributed by atoms with Gasteiger partial charge in [-0.2, -0.15) is 0 Å². The van der Waals surface area contributed by atoms with Crippen LogP contribution in [0.4, 0.5) is 0 Å². The van der Waals surface area contributed by atoms with E-state index in [-0.39, 0.29) is 5.97 Å². The molecule has 4 nitrogen and oxygen atoms in total. The van der Waals surface area contributed by atoms with E-state index in [4.69, 9.17) is 8.85 Å². The van der Waals surface area contributed by atoms with E-state index in [0.717, 1.165) is 37.5 Å². The van der Waals surface area contributed by atoms with Crippen molar-refractivity contribution >= 4 is 30.8 Å². The average molecular weight is 448 g/mol. The number of hydrogen-bond acceptors (Lipinski definition) is 4. The zero-order chi connectivity index (χ0) is 22.0. The van der Waals surface area contributed by atoms with Crippen LogP contribution < -0.4 is 0 Å². The Morgan fingerprint density at radius 1 is 0.929 bits per heavy atom. The van der Waals surface area contributed by atoms with E-state index in [0.29, 0.717) is 12.6 Å². The summed E-state index contributed by atoms with van der Waals surface area (Å²) in [4.78, 5) is 12.7. The fourth-order valence-corrected chi connectivity index (χ4v) is 9.98. The van der Waals surface area contributed by atoms with Gasteiger partial charge in [-0.1, -0.05) is 53.8 Å². The highest BCUT2D eigenvalue weighted by Gasteiger charge is 2.34. The maximum absolute atomic E-state index is 12.7. The van der Waals surface area contributed by atoms with Gasteiger partial charge in [0.15, 0.2) is 8.32 Å². The topological polar surface area (TPSA) is 38.8 Å². The van der Waals surface area contributed by atoms with Crippen molar-refractivity contribution in [3.05, 3.63) is 0 Å². The number of carbonyl (C=O) groups is 1. The van der Waals surface area contributed by atoms with Crippen LogP contribution in [-0.4, -0.2) is 54.6 Å². The van der Waals surface area contributed by atoms with E-state index < -0.39 is 24.9 Å². The van der Waals surface area contributed by atoms with Crippen molar-refractivity contribution in [3.63, 3.8) is 0 Å². The van der Waals surface area contributed by atoms with Crippen molar-refractivity contribution in [1.82, 2.24) is 4.57 Å². The first-order valence-corrected chi connectivity index (χ1v) is 20.6. The smallest absolute Gasteiger partial charge is 0.306 e. The second-order valence-electron chi connectivity index (χ2n) is 9.86. The lowest BCUT2D eigenvalue weighted by atomic mass is 10.3. The van der Waals surface area contributed by atoms with E-state index in [1.807, 2.05) is 0 Å². The van der Waals surface area contributed by atoms with Gasteiger partial charge in [-0.05, 0) is 63.6 Å². The van der Waals surface area contributed by atoms with Gasteiger partial charge in [0.25, 0.3) is 8.32 Å². The zero-order valence-electron chi connectivity index (χ0n) is 20.6. The van der Waals surface area contributed by atoms with Gasteiger partial charge in [-0.15, -0.1) is 0 Å². The Balaban J connectivity index is 4.68. The van der Waals surface area contributed by atoms with Crippen LogP contribution in [0.1, 0.15) is 53.9 Å². The van der Waals surface area contributed by atoms with Crippen molar-refractivity contribution in [2.24, 2.45) is 0 Å². The summed E-state index contributed by atoms with van der Waals surface area (Å²) >= 11 is 0. The molecule has 0 aliphatic heterocycles. The summed E-state index contributed by atoms with van der Waals surface area (Å²) in [6.07, 6.45) is 3.77. The summed E-state index contributed by atoms with van der Waals surface area (Å²) in [7, 11) is -4.99. The highest BCUT2D eigenvalue weighted by atomic mass is 28.4. The first-order chi connectivity index (χ1) is 12.8. The van der Waals surface area contributed by atoms with E-state index in [9.17, 15) is 4.79 Å². The Morgan fingerprint density at radius 3 is 1.89 bits per heavy atom. The van der Waals surface area contributed by atoms with Crippen molar-refractivity contribution < 1.29 is 13.6 Å². The third-order valence-corrected chi connectivity index (χ3v) is 15.5. The molecule has 0 bridgehead atoms. The van der Waals surface area contributed by atoms with Gasteiger partial charge in [0.1, 0.15) is 8.24 Å². The van der Waals surface area contributed by atoms with Crippen molar-refractivity contribution in [1.29, 1.82) is 0 Å². The largest absolute Gasteiger partial charge is 0.518 e. The average Bonchev–Trinajstić information content (AvgIpc) is 2.60. The lowest BCUT2D eigenvalue weighted by molar-refractivity contribution is -0.135. The van der Waals surface area contributed by atoms with Gasteiger partial charge in [-0.25, -0.2) is 0 Å². The minimum atomic E-state index is -1.86. The lowest BCUT2D eigenvalue weighted by Crippen LogP contribution is -2.51. The van der Waals surface area contributed by atoms with Gasteiger partial charge in [0, 0.05) is 6.10 Å². The second kappa shape index (κ2) is 12.7. The van der Waals surface area contributed by atoms with Crippen LogP contribution in [0.5, 0.6) is 0 Å². The summed E-state index contributed by atoms with van der Waals surface area (Å²) < 4.78 is 14.8. The Kier molecular flexibility index (Phi) is 12.7. The highest BCUT2D eigenvalue weighted by Crippen LogP contribution is 2.23. The summed E-state index contributed by atoms with van der Waals surface area (Å²) in [5.74, 6) is 0.00875. The first-order valence-electron chi connectivity index (χ1n) is 11.5. The van der Waals surface area contributed by atoms with E-state index >= 15 is 0 Å². The number of unbranched alkanes of at least 4 members (excludes halogenated alkanes) is 1. The highest BCUT2D eigenvalue weighted by molar-refractivity contribution is 6.75. The molecular formula is C21H49NO3Si3. The van der Waals surface area contributed by atoms with E-state index in [1.165, 1.54) is 12.5 Å². The molecule has 0 amide bonds. The number of carbonyl (C=O) groups excluding carboxylic acids is 1. The molecular weight excluding hydrogens is 398 g/mol. The molecule has 0 saturated carbocycles. The van der Waals surface area contributed by atoms with Gasteiger partial charge in [-0.3, -0.25) is 4.79 Å². The van der Waals surface area contributed by atoms with Crippen LogP contribution in [0.2, 0.25) is 56.9 Å². The predicted octanol–water partition coefficient (Wildman–Crippen LogP) is 6.47. The SMILES string of the molecule is CCC(C)O[Si](C)(C)CCCCN(CC(=O)O[Si](CC)(CC)CC)[Si](C)(C)C. The molecule has 1 atom stereocenters. The quantitative estimate of drug-likeness (QED) is 0.213. The molecule has 0 aromatic carbocycles. The molecule has 0 aromatic heterocycles. The summed E-state index contributed by atoms with van der Waals surface area (Å²) in [6.45, 7) is 24.0. The van der Waals surface area contributed by atoms with Gasteiger partial charge in [0.2, 0.25) is 0 Å². The molecule has 168 valence electrons. The minimum Gasteiger partial charge on any atom is -0.518 e. The van der Waals surface area contributed by atoms with Gasteiger partial charge in [0.05, 0.1) is 6.54 Å². The first kappa shape index (κ1) is 28.0. The molecule has 0 aromatic rings. The number of hydrogen-bond donors (Lipinski definition) is 0. The van der Waals surface area contributed by atoms with Crippen molar-refractivity contribution in [3.8, 4) is 0 Å². The summed E-state index contributed by atoms with van der Waals surface area (Å²) in [5, 5.41) is 0. The predicted molar refractivity (Wildman–Crippen MR) is 131 cm³/mol. The fourth-order valence-electron chi connectivity index (χ4n) is 3.59. The third kappa shape index (κ3) is 10.7. The van der Waals surface area contributed by atoms with Crippen LogP contribution in [0.25, 0.3) is 0 Å². The van der Waals surface area contributed by atoms with Crippen LogP contribution in [0, 0.1) is 0 Å². The number of nitrogens with zero attached hydrogens (tertiary/aromatic N) is 1. The van der Waals surface area contributed by atoms with Crippen molar-refractivity contribution in [2.45, 2.75) is 117 Å². The molecule has 0 N–H and O–H groups in total. The Bertz CT molecular complexity index is 440. The van der Waals surface area contributed by atoms with Crippen LogP contribution in [0.3, 0.4) is 0 Å². The monoisotopic (exact) mass is 447 g/mol. The Morgan fingerprint density at radius 2 is 1.46 bits per heavy atom. The standard InChI is InChI=1S/C21H49NO3Si3/c1-11-20(5)24-27(9,10)18-16-15-17-22(26(6,7)8)19-21(23)25-28(12-2,13-3)14-4/h20H,11-19H2,1-10H3. The fraction of sp³-hybridized carbons (Fsp3) is 0.952. The normalized spacial score (nSPS) is 14.4. The minimum absolute atomic E-state index is 0.00875. The van der Waals surface area contributed by atoms with Crippen LogP contribution >= 0.6 is 0 Å². The third-order valence-electron chi connectivity index (χ3n) is 6.08. The summed E-state index contributed by atoms with van der Waals surface area (Å²) in [5.41, 5.74) is 0. The molecule has 0 saturated heterocycles. The van der Waals surface area contributed by atoms with Crippen LogP contribution in [-0.2, 0) is 13.6 Å². The van der Waals surface area contributed by atoms with Gasteiger partial charge < -0.3 is 13.4 Å². The molecule has 7 heteroatoms. The van der Waals surface area contributed by atoms with E-state index in [1.54, 1.807) is 0 Å². The van der Waals surface area contributed by atoms with Crippen LogP contribution in [0.15, 0.2) is 0 Å². The summed E-state index contributed by atoms with van der Waals surface area (Å²) in [6, 6.07) is 4.26. The molecule has 0 rings (SSSR count). The van der Waals surface area contributed by atoms with E-state index in [2.05, 4.69) is 71.9 Å². The number of rotatable bonds is 15. The second-order valence-corrected chi connectivity index (χ2v) is 23.8. The molecule has 28 heavy (non-hydrogen) atoms.